The Morgan fingerprint density at radius 2 is 1.38 bits per heavy atom. The zero-order valence-corrected chi connectivity index (χ0v) is 13.3. The van der Waals surface area contributed by atoms with Crippen molar-refractivity contribution in [3.05, 3.63) is 0 Å². The van der Waals surface area contributed by atoms with E-state index in [4.69, 9.17) is 30.4 Å². The van der Waals surface area contributed by atoms with E-state index in [0.29, 0.717) is 52.7 Å². The summed E-state index contributed by atoms with van der Waals surface area (Å²) in [5, 5.41) is 0. The van der Waals surface area contributed by atoms with Gasteiger partial charge < -0.3 is 30.4 Å². The largest absolute Gasteiger partial charge is 0.382 e. The first kappa shape index (κ1) is 20.3. The monoisotopic (exact) mass is 306 g/mol. The molecule has 0 saturated carbocycles. The van der Waals surface area contributed by atoms with Crippen LogP contribution in [0.25, 0.3) is 0 Å². The van der Waals surface area contributed by atoms with Crippen LogP contribution >= 0.6 is 0 Å². The molecule has 0 aromatic rings. The molecule has 126 valence electrons. The molecule has 0 bridgehead atoms. The molecule has 1 amide bonds. The van der Waals surface area contributed by atoms with Crippen molar-refractivity contribution in [3.63, 3.8) is 0 Å². The minimum absolute atomic E-state index is 0.468. The van der Waals surface area contributed by atoms with E-state index >= 15 is 0 Å². The van der Waals surface area contributed by atoms with E-state index < -0.39 is 11.4 Å². The predicted molar refractivity (Wildman–Crippen MR) is 80.0 cm³/mol. The van der Waals surface area contributed by atoms with Gasteiger partial charge >= 0.3 is 0 Å². The van der Waals surface area contributed by atoms with E-state index in [1.54, 1.807) is 14.0 Å². The highest BCUT2D eigenvalue weighted by molar-refractivity contribution is 5.83. The summed E-state index contributed by atoms with van der Waals surface area (Å²) in [6, 6.07) is 0. The van der Waals surface area contributed by atoms with Gasteiger partial charge in [0.1, 0.15) is 0 Å². The van der Waals surface area contributed by atoms with E-state index in [2.05, 4.69) is 0 Å². The number of unbranched alkanes of at least 4 members (excludes halogenated alkanes) is 1. The van der Waals surface area contributed by atoms with Gasteiger partial charge in [0.2, 0.25) is 5.91 Å². The van der Waals surface area contributed by atoms with Gasteiger partial charge in [-0.15, -0.1) is 0 Å². The highest BCUT2D eigenvalue weighted by Crippen LogP contribution is 2.09. The van der Waals surface area contributed by atoms with E-state index in [1.807, 2.05) is 0 Å². The Balaban J connectivity index is 3.18. The summed E-state index contributed by atoms with van der Waals surface area (Å²) < 4.78 is 20.8. The first-order valence-electron chi connectivity index (χ1n) is 7.31. The summed E-state index contributed by atoms with van der Waals surface area (Å²) in [6.45, 7) is 5.67. The first-order valence-corrected chi connectivity index (χ1v) is 7.31. The maximum absolute atomic E-state index is 11.0. The van der Waals surface area contributed by atoms with Crippen molar-refractivity contribution in [2.75, 3.05) is 53.4 Å². The zero-order chi connectivity index (χ0) is 16.0. The van der Waals surface area contributed by atoms with Crippen LogP contribution in [0.15, 0.2) is 0 Å². The molecule has 1 unspecified atom stereocenters. The Morgan fingerprint density at radius 1 is 0.905 bits per heavy atom. The van der Waals surface area contributed by atoms with Crippen LogP contribution < -0.4 is 11.5 Å². The molecule has 0 aromatic carbocycles. The Hall–Kier alpha value is -0.730. The van der Waals surface area contributed by atoms with Gasteiger partial charge in [0.05, 0.1) is 45.2 Å². The van der Waals surface area contributed by atoms with Gasteiger partial charge in [-0.05, 0) is 26.2 Å². The van der Waals surface area contributed by atoms with Gasteiger partial charge in [-0.25, -0.2) is 0 Å². The molecule has 0 rings (SSSR count). The molecule has 1 atom stereocenters. The van der Waals surface area contributed by atoms with Crippen molar-refractivity contribution >= 4 is 5.91 Å². The number of carbonyl (C=O) groups excluding carboxylic acids is 1. The molecule has 0 fully saturated rings. The van der Waals surface area contributed by atoms with Crippen molar-refractivity contribution < 1.29 is 23.7 Å². The number of methoxy groups -OCH3 is 1. The molecular formula is C14H30N2O5. The quantitative estimate of drug-likeness (QED) is 0.414. The number of hydrogen-bond acceptors (Lipinski definition) is 6. The summed E-state index contributed by atoms with van der Waals surface area (Å²) in [7, 11) is 1.64. The molecule has 0 heterocycles. The highest BCUT2D eigenvalue weighted by atomic mass is 16.6. The predicted octanol–water partition coefficient (Wildman–Crippen LogP) is 0.0556. The topological polar surface area (TPSA) is 106 Å². The number of amides is 1. The molecule has 21 heavy (non-hydrogen) atoms. The number of nitrogens with two attached hydrogens (primary N) is 2. The van der Waals surface area contributed by atoms with Crippen molar-refractivity contribution in [2.45, 2.75) is 31.7 Å². The standard InChI is InChI=1S/C14H30N2O5/c1-14(16,13(15)17)5-3-4-6-19-9-10-21-12-11-20-8-7-18-2/h3-12,16H2,1-2H3,(H2,15,17). The van der Waals surface area contributed by atoms with Crippen LogP contribution in [-0.4, -0.2) is 64.8 Å². The number of carbonyl (C=O) groups is 1. The lowest BCUT2D eigenvalue weighted by Gasteiger charge is -2.19. The average Bonchev–Trinajstić information content (AvgIpc) is 2.43. The first-order chi connectivity index (χ1) is 10.0. The van der Waals surface area contributed by atoms with Crippen LogP contribution in [0, 0.1) is 0 Å². The second kappa shape index (κ2) is 13.0. The van der Waals surface area contributed by atoms with E-state index in [0.717, 1.165) is 12.8 Å². The Morgan fingerprint density at radius 3 is 1.86 bits per heavy atom. The molecule has 0 radical (unpaired) electrons. The van der Waals surface area contributed by atoms with Gasteiger partial charge in [-0.3, -0.25) is 4.79 Å². The normalized spacial score (nSPS) is 14.0. The molecule has 0 aliphatic rings. The van der Waals surface area contributed by atoms with Crippen LogP contribution in [0.4, 0.5) is 0 Å². The van der Waals surface area contributed by atoms with E-state index in [1.165, 1.54) is 0 Å². The molecule has 0 aliphatic heterocycles. The lowest BCUT2D eigenvalue weighted by atomic mass is 9.96. The molecule has 0 aromatic heterocycles. The highest BCUT2D eigenvalue weighted by Gasteiger charge is 2.24. The molecule has 7 heteroatoms. The third-order valence-electron chi connectivity index (χ3n) is 2.97. The Bertz CT molecular complexity index is 262. The second-order valence-electron chi connectivity index (χ2n) is 5.07. The van der Waals surface area contributed by atoms with Gasteiger partial charge in [-0.2, -0.15) is 0 Å². The van der Waals surface area contributed by atoms with Gasteiger partial charge in [0, 0.05) is 13.7 Å². The van der Waals surface area contributed by atoms with Crippen LogP contribution in [0.5, 0.6) is 0 Å². The number of hydrogen-bond donors (Lipinski definition) is 2. The van der Waals surface area contributed by atoms with Crippen LogP contribution in [-0.2, 0) is 23.7 Å². The van der Waals surface area contributed by atoms with Crippen LogP contribution in [0.2, 0.25) is 0 Å². The van der Waals surface area contributed by atoms with Crippen molar-refractivity contribution in [3.8, 4) is 0 Å². The van der Waals surface area contributed by atoms with Crippen LogP contribution in [0.1, 0.15) is 26.2 Å². The number of ether oxygens (including phenoxy) is 4. The lowest BCUT2D eigenvalue weighted by molar-refractivity contribution is -0.122. The van der Waals surface area contributed by atoms with Crippen molar-refractivity contribution in [1.29, 1.82) is 0 Å². The fourth-order valence-corrected chi connectivity index (χ4v) is 1.50. The molecular weight excluding hydrogens is 276 g/mol. The summed E-state index contributed by atoms with van der Waals surface area (Å²) in [5.74, 6) is -0.468. The average molecular weight is 306 g/mol. The summed E-state index contributed by atoms with van der Waals surface area (Å²) in [5.41, 5.74) is 10.0. The summed E-state index contributed by atoms with van der Waals surface area (Å²) in [6.07, 6.45) is 2.23. The molecule has 0 spiro atoms. The fourth-order valence-electron chi connectivity index (χ4n) is 1.50. The Labute approximate surface area is 127 Å². The molecule has 0 aliphatic carbocycles. The summed E-state index contributed by atoms with van der Waals surface area (Å²) in [4.78, 5) is 11.0. The third-order valence-corrected chi connectivity index (χ3v) is 2.97. The lowest BCUT2D eigenvalue weighted by Crippen LogP contribution is -2.49. The number of rotatable bonds is 15. The van der Waals surface area contributed by atoms with Gasteiger partial charge in [-0.1, -0.05) is 0 Å². The second-order valence-corrected chi connectivity index (χ2v) is 5.07. The summed E-state index contributed by atoms with van der Waals surface area (Å²) >= 11 is 0. The molecule has 4 N–H and O–H groups in total. The third kappa shape index (κ3) is 12.7. The zero-order valence-electron chi connectivity index (χ0n) is 13.3. The van der Waals surface area contributed by atoms with E-state index in [9.17, 15) is 4.79 Å². The van der Waals surface area contributed by atoms with Crippen molar-refractivity contribution in [1.82, 2.24) is 0 Å². The van der Waals surface area contributed by atoms with Crippen molar-refractivity contribution in [2.24, 2.45) is 11.5 Å². The maximum Gasteiger partial charge on any atom is 0.237 e. The minimum Gasteiger partial charge on any atom is -0.382 e. The minimum atomic E-state index is -0.925. The molecule has 7 nitrogen and oxygen atoms in total. The van der Waals surface area contributed by atoms with Gasteiger partial charge in [0.25, 0.3) is 0 Å². The fraction of sp³-hybridized carbons (Fsp3) is 0.929. The molecule has 0 saturated heterocycles. The smallest absolute Gasteiger partial charge is 0.237 e. The van der Waals surface area contributed by atoms with E-state index in [-0.39, 0.29) is 0 Å². The Kier molecular flexibility index (Phi) is 12.5. The number of primary amides is 1. The maximum atomic E-state index is 11.0. The van der Waals surface area contributed by atoms with Gasteiger partial charge in [0.15, 0.2) is 0 Å². The van der Waals surface area contributed by atoms with Crippen LogP contribution in [0.3, 0.4) is 0 Å². The SMILES string of the molecule is COCCOCCOCCOCCCCC(C)(N)C(N)=O.